The maximum absolute atomic E-state index is 13.9. The van der Waals surface area contributed by atoms with Crippen LogP contribution in [-0.4, -0.2) is 60.4 Å². The molecule has 280 valence electrons. The van der Waals surface area contributed by atoms with E-state index in [0.29, 0.717) is 69.2 Å². The van der Waals surface area contributed by atoms with Gasteiger partial charge in [0.15, 0.2) is 0 Å². The van der Waals surface area contributed by atoms with Crippen LogP contribution in [0.2, 0.25) is 0 Å². The SMILES string of the molecule is O=C(O)CCCCCCNCCc1ccc(C(F)(F)F)cc1CN(Cc1cc(C(F)(F)F)cc(C(F)(F)F)c1)c1ncc(N2CCOCC2)cn1. The zero-order valence-corrected chi connectivity index (χ0v) is 27.5. The number of ether oxygens (including phenoxy) is 1. The molecule has 17 heteroatoms. The molecule has 8 nitrogen and oxygen atoms in total. The van der Waals surface area contributed by atoms with Crippen molar-refractivity contribution in [1.82, 2.24) is 15.3 Å². The van der Waals surface area contributed by atoms with Crippen molar-refractivity contribution in [3.05, 3.63) is 82.2 Å². The highest BCUT2D eigenvalue weighted by atomic mass is 19.4. The number of aromatic nitrogens is 2. The molecule has 4 rings (SSSR count). The van der Waals surface area contributed by atoms with Gasteiger partial charge in [0.1, 0.15) is 0 Å². The van der Waals surface area contributed by atoms with Gasteiger partial charge in [-0.3, -0.25) is 4.79 Å². The third-order valence-electron chi connectivity index (χ3n) is 8.26. The number of hydrogen-bond acceptors (Lipinski definition) is 7. The van der Waals surface area contributed by atoms with Crippen LogP contribution in [0.3, 0.4) is 0 Å². The molecular formula is C34H38F9N5O3. The summed E-state index contributed by atoms with van der Waals surface area (Å²) in [5.41, 5.74) is -3.20. The van der Waals surface area contributed by atoms with Gasteiger partial charge in [0.25, 0.3) is 0 Å². The smallest absolute Gasteiger partial charge is 0.416 e. The van der Waals surface area contributed by atoms with Crippen molar-refractivity contribution in [1.29, 1.82) is 0 Å². The minimum Gasteiger partial charge on any atom is -0.481 e. The van der Waals surface area contributed by atoms with E-state index in [1.807, 2.05) is 4.90 Å². The number of carboxylic acid groups (broad SMARTS) is 1. The first kappa shape index (κ1) is 39.7. The molecule has 3 aromatic rings. The lowest BCUT2D eigenvalue weighted by Crippen LogP contribution is -2.36. The monoisotopic (exact) mass is 735 g/mol. The fraction of sp³-hybridized carbons (Fsp3) is 0.500. The molecule has 1 saturated heterocycles. The fourth-order valence-electron chi connectivity index (χ4n) is 5.62. The molecule has 2 N–H and O–H groups in total. The van der Waals surface area contributed by atoms with Crippen molar-refractivity contribution < 1.29 is 54.2 Å². The number of anilines is 2. The molecule has 2 heterocycles. The highest BCUT2D eigenvalue weighted by molar-refractivity contribution is 5.66. The van der Waals surface area contributed by atoms with Crippen LogP contribution in [0, 0.1) is 0 Å². The number of nitrogens with one attached hydrogen (secondary N) is 1. The van der Waals surface area contributed by atoms with Gasteiger partial charge in [0.2, 0.25) is 5.95 Å². The second kappa shape index (κ2) is 17.4. The molecule has 0 radical (unpaired) electrons. The number of alkyl halides is 9. The quantitative estimate of drug-likeness (QED) is 0.114. The van der Waals surface area contributed by atoms with Gasteiger partial charge >= 0.3 is 24.5 Å². The summed E-state index contributed by atoms with van der Waals surface area (Å²) in [5.74, 6) is -0.973. The van der Waals surface area contributed by atoms with Crippen molar-refractivity contribution in [2.24, 2.45) is 0 Å². The van der Waals surface area contributed by atoms with E-state index < -0.39 is 53.3 Å². The van der Waals surface area contributed by atoms with Crippen LogP contribution < -0.4 is 15.1 Å². The Morgan fingerprint density at radius 1 is 0.765 bits per heavy atom. The Kier molecular flexibility index (Phi) is 13.5. The normalized spacial score (nSPS) is 14.2. The average molecular weight is 736 g/mol. The Balaban J connectivity index is 1.63. The lowest BCUT2D eigenvalue weighted by molar-refractivity contribution is -0.143. The number of nitrogens with zero attached hydrogens (tertiary/aromatic N) is 4. The maximum atomic E-state index is 13.9. The summed E-state index contributed by atoms with van der Waals surface area (Å²) in [6.07, 6.45) is -8.88. The van der Waals surface area contributed by atoms with Gasteiger partial charge in [0, 0.05) is 32.6 Å². The molecule has 0 saturated carbocycles. The molecule has 0 atom stereocenters. The number of benzene rings is 2. The number of carbonyl (C=O) groups is 1. The number of carboxylic acids is 1. The molecule has 1 aromatic heterocycles. The summed E-state index contributed by atoms with van der Waals surface area (Å²) in [5, 5.41) is 11.9. The van der Waals surface area contributed by atoms with Crippen molar-refractivity contribution >= 4 is 17.6 Å². The highest BCUT2D eigenvalue weighted by Crippen LogP contribution is 2.37. The second-order valence-electron chi connectivity index (χ2n) is 12.2. The number of hydrogen-bond donors (Lipinski definition) is 2. The molecular weight excluding hydrogens is 697 g/mol. The molecule has 1 fully saturated rings. The van der Waals surface area contributed by atoms with Gasteiger partial charge in [-0.15, -0.1) is 0 Å². The van der Waals surface area contributed by atoms with E-state index in [2.05, 4.69) is 15.3 Å². The number of morpholine rings is 1. The van der Waals surface area contributed by atoms with Gasteiger partial charge in [-0.2, -0.15) is 39.5 Å². The first-order valence-electron chi connectivity index (χ1n) is 16.3. The van der Waals surface area contributed by atoms with E-state index in [9.17, 15) is 44.3 Å². The lowest BCUT2D eigenvalue weighted by atomic mass is 9.99. The first-order valence-corrected chi connectivity index (χ1v) is 16.3. The highest BCUT2D eigenvalue weighted by Gasteiger charge is 2.37. The van der Waals surface area contributed by atoms with Crippen LogP contribution in [0.5, 0.6) is 0 Å². The molecule has 0 aliphatic carbocycles. The van der Waals surface area contributed by atoms with Crippen LogP contribution in [0.15, 0.2) is 48.8 Å². The summed E-state index contributed by atoms with van der Waals surface area (Å²) >= 11 is 0. The number of aliphatic carboxylic acids is 1. The lowest BCUT2D eigenvalue weighted by Gasteiger charge is -2.29. The molecule has 0 spiro atoms. The topological polar surface area (TPSA) is 90.8 Å². The zero-order chi connectivity index (χ0) is 37.2. The average Bonchev–Trinajstić information content (AvgIpc) is 3.06. The largest absolute Gasteiger partial charge is 0.481 e. The molecule has 0 unspecified atom stereocenters. The predicted molar refractivity (Wildman–Crippen MR) is 170 cm³/mol. The van der Waals surface area contributed by atoms with Crippen molar-refractivity contribution in [2.45, 2.75) is 70.1 Å². The standard InChI is InChI=1S/C34H38F9N5O3/c35-32(36,37)26-7-6-24(8-10-44-9-4-2-1-3-5-30(49)50)25(17-26)22-48(31-45-19-29(20-46-31)47-11-13-51-14-12-47)21-23-15-27(33(38,39)40)18-28(16-23)34(41,42)43/h6-7,15-20,44H,1-5,8-14,21-22H2,(H,49,50). The van der Waals surface area contributed by atoms with Gasteiger partial charge in [0.05, 0.1) is 48.0 Å². The maximum Gasteiger partial charge on any atom is 0.416 e. The summed E-state index contributed by atoms with van der Waals surface area (Å²) < 4.78 is 129. The third-order valence-corrected chi connectivity index (χ3v) is 8.26. The Morgan fingerprint density at radius 3 is 1.96 bits per heavy atom. The Morgan fingerprint density at radius 2 is 1.37 bits per heavy atom. The van der Waals surface area contributed by atoms with E-state index in [0.717, 1.165) is 31.4 Å². The summed E-state index contributed by atoms with van der Waals surface area (Å²) in [6.45, 7) is 1.95. The Hall–Kier alpha value is -4.12. The van der Waals surface area contributed by atoms with E-state index >= 15 is 0 Å². The van der Waals surface area contributed by atoms with Crippen LogP contribution >= 0.6 is 0 Å². The zero-order valence-electron chi connectivity index (χ0n) is 27.5. The summed E-state index contributed by atoms with van der Waals surface area (Å²) in [6, 6.07) is 4.29. The third kappa shape index (κ3) is 12.3. The first-order chi connectivity index (χ1) is 24.0. The van der Waals surface area contributed by atoms with Gasteiger partial charge < -0.3 is 25.0 Å². The number of rotatable bonds is 16. The molecule has 1 aliphatic heterocycles. The number of unbranched alkanes of at least 4 members (excludes halogenated alkanes) is 3. The van der Waals surface area contributed by atoms with Gasteiger partial charge in [-0.05, 0) is 79.4 Å². The van der Waals surface area contributed by atoms with E-state index in [4.69, 9.17) is 9.84 Å². The van der Waals surface area contributed by atoms with Crippen LogP contribution in [0.1, 0.15) is 65.5 Å². The van der Waals surface area contributed by atoms with Crippen LogP contribution in [0.4, 0.5) is 51.1 Å². The van der Waals surface area contributed by atoms with Crippen molar-refractivity contribution in [3.8, 4) is 0 Å². The number of halogens is 9. The molecule has 2 aromatic carbocycles. The molecule has 0 bridgehead atoms. The van der Waals surface area contributed by atoms with Gasteiger partial charge in [-0.1, -0.05) is 18.9 Å². The minimum absolute atomic E-state index is 0.00936. The minimum atomic E-state index is -5.10. The predicted octanol–water partition coefficient (Wildman–Crippen LogP) is 7.74. The van der Waals surface area contributed by atoms with E-state index in [-0.39, 0.29) is 37.0 Å². The summed E-state index contributed by atoms with van der Waals surface area (Å²) in [7, 11) is 0. The van der Waals surface area contributed by atoms with Crippen molar-refractivity contribution in [3.63, 3.8) is 0 Å². The molecule has 1 aliphatic rings. The van der Waals surface area contributed by atoms with Crippen LogP contribution in [0.25, 0.3) is 0 Å². The van der Waals surface area contributed by atoms with Crippen LogP contribution in [-0.2, 0) is 47.6 Å². The molecule has 51 heavy (non-hydrogen) atoms. The Bertz CT molecular complexity index is 1540. The second-order valence-corrected chi connectivity index (χ2v) is 12.2. The van der Waals surface area contributed by atoms with Gasteiger partial charge in [-0.25, -0.2) is 9.97 Å². The van der Waals surface area contributed by atoms with E-state index in [1.165, 1.54) is 23.4 Å². The molecule has 0 amide bonds. The van der Waals surface area contributed by atoms with E-state index in [1.54, 1.807) is 0 Å². The Labute approximate surface area is 288 Å². The van der Waals surface area contributed by atoms with Crippen molar-refractivity contribution in [2.75, 3.05) is 49.2 Å². The fourth-order valence-corrected chi connectivity index (χ4v) is 5.62. The summed E-state index contributed by atoms with van der Waals surface area (Å²) in [4.78, 5) is 22.5.